The summed E-state index contributed by atoms with van der Waals surface area (Å²) < 4.78 is 0. The molecule has 0 radical (unpaired) electrons. The highest BCUT2D eigenvalue weighted by Gasteiger charge is 2.16. The summed E-state index contributed by atoms with van der Waals surface area (Å²) in [6, 6.07) is 0. The highest BCUT2D eigenvalue weighted by Crippen LogP contribution is 2.19. The van der Waals surface area contributed by atoms with Crippen LogP contribution in [0.15, 0.2) is 0 Å². The molecule has 0 bridgehead atoms. The van der Waals surface area contributed by atoms with E-state index in [2.05, 4.69) is 27.0 Å². The quantitative estimate of drug-likeness (QED) is 0.701. The molecule has 14 heavy (non-hydrogen) atoms. The maximum absolute atomic E-state index is 5.50. The van der Waals surface area contributed by atoms with Crippen LogP contribution in [-0.4, -0.2) is 28.3 Å². The van der Waals surface area contributed by atoms with Crippen LogP contribution in [0.25, 0.3) is 0 Å². The van der Waals surface area contributed by atoms with Crippen LogP contribution in [0.5, 0.6) is 0 Å². The summed E-state index contributed by atoms with van der Waals surface area (Å²) in [4.78, 5) is 6.34. The van der Waals surface area contributed by atoms with Crippen LogP contribution in [0.2, 0.25) is 0 Å². The molecule has 1 unspecified atom stereocenters. The molecule has 1 atom stereocenters. The van der Waals surface area contributed by atoms with Gasteiger partial charge >= 0.3 is 0 Å². The van der Waals surface area contributed by atoms with E-state index in [-0.39, 0.29) is 0 Å². The van der Waals surface area contributed by atoms with Gasteiger partial charge < -0.3 is 10.6 Å². The highest BCUT2D eigenvalue weighted by atomic mass is 15.4. The van der Waals surface area contributed by atoms with E-state index < -0.39 is 0 Å². The van der Waals surface area contributed by atoms with E-state index in [0.717, 1.165) is 25.0 Å². The predicted molar refractivity (Wildman–Crippen MR) is 56.0 cm³/mol. The number of hydrogen-bond acceptors (Lipinski definition) is 4. The van der Waals surface area contributed by atoms with Gasteiger partial charge in [-0.25, -0.2) is 5.10 Å². The molecule has 5 nitrogen and oxygen atoms in total. The Kier molecular flexibility index (Phi) is 2.56. The molecule has 0 aliphatic carbocycles. The van der Waals surface area contributed by atoms with Crippen molar-refractivity contribution < 1.29 is 0 Å². The number of H-pyrrole nitrogens is 1. The van der Waals surface area contributed by atoms with Crippen LogP contribution in [0.1, 0.15) is 26.2 Å². The maximum Gasteiger partial charge on any atom is 0.246 e. The zero-order valence-corrected chi connectivity index (χ0v) is 8.53. The standard InChI is InChI=1S/C9H17N5/c1-7-3-2-5-14(6-4-7)9-11-8(10)12-13-9/h7H,2-6H2,1H3,(H3,10,11,12,13). The molecule has 0 amide bonds. The summed E-state index contributed by atoms with van der Waals surface area (Å²) in [6.45, 7) is 4.38. The van der Waals surface area contributed by atoms with Crippen LogP contribution in [-0.2, 0) is 0 Å². The van der Waals surface area contributed by atoms with Crippen LogP contribution in [0.3, 0.4) is 0 Å². The lowest BCUT2D eigenvalue weighted by Crippen LogP contribution is -2.25. The van der Waals surface area contributed by atoms with Crippen LogP contribution >= 0.6 is 0 Å². The summed E-state index contributed by atoms with van der Waals surface area (Å²) in [5.41, 5.74) is 5.50. The summed E-state index contributed by atoms with van der Waals surface area (Å²) >= 11 is 0. The minimum Gasteiger partial charge on any atom is -0.368 e. The second-order valence-corrected chi connectivity index (χ2v) is 4.04. The number of hydrogen-bond donors (Lipinski definition) is 2. The SMILES string of the molecule is CC1CCCN(c2n[nH]c(N)n2)CC1. The van der Waals surface area contributed by atoms with E-state index >= 15 is 0 Å². The summed E-state index contributed by atoms with van der Waals surface area (Å²) in [7, 11) is 0. The number of nitrogen functional groups attached to an aromatic ring is 1. The largest absolute Gasteiger partial charge is 0.368 e. The van der Waals surface area contributed by atoms with Crippen molar-refractivity contribution in [1.82, 2.24) is 15.2 Å². The summed E-state index contributed by atoms with van der Waals surface area (Å²) in [5.74, 6) is 1.96. The van der Waals surface area contributed by atoms with E-state index in [4.69, 9.17) is 5.73 Å². The van der Waals surface area contributed by atoms with Gasteiger partial charge in [0.2, 0.25) is 11.9 Å². The van der Waals surface area contributed by atoms with Crippen molar-refractivity contribution in [2.75, 3.05) is 23.7 Å². The lowest BCUT2D eigenvalue weighted by atomic mass is 10.0. The first kappa shape index (κ1) is 9.30. The minimum absolute atomic E-state index is 0.400. The van der Waals surface area contributed by atoms with Crippen LogP contribution in [0.4, 0.5) is 11.9 Å². The number of anilines is 2. The molecule has 1 aliphatic rings. The van der Waals surface area contributed by atoms with Gasteiger partial charge in [-0.15, -0.1) is 5.10 Å². The van der Waals surface area contributed by atoms with Gasteiger partial charge in [-0.05, 0) is 25.2 Å². The summed E-state index contributed by atoms with van der Waals surface area (Å²) in [5, 5.41) is 6.74. The number of aromatic amines is 1. The van der Waals surface area contributed by atoms with Gasteiger partial charge in [0.25, 0.3) is 0 Å². The highest BCUT2D eigenvalue weighted by molar-refractivity contribution is 5.33. The van der Waals surface area contributed by atoms with Crippen molar-refractivity contribution in [3.8, 4) is 0 Å². The number of nitrogens with zero attached hydrogens (tertiary/aromatic N) is 3. The van der Waals surface area contributed by atoms with Gasteiger partial charge in [0, 0.05) is 13.1 Å². The Labute approximate surface area is 83.7 Å². The van der Waals surface area contributed by atoms with Crippen molar-refractivity contribution in [3.63, 3.8) is 0 Å². The lowest BCUT2D eigenvalue weighted by Gasteiger charge is -2.17. The Morgan fingerprint density at radius 1 is 1.43 bits per heavy atom. The molecule has 78 valence electrons. The average Bonchev–Trinajstić information content (AvgIpc) is 2.46. The van der Waals surface area contributed by atoms with E-state index in [0.29, 0.717) is 5.95 Å². The molecule has 2 rings (SSSR count). The number of nitrogens with one attached hydrogen (secondary N) is 1. The molecule has 1 aliphatic heterocycles. The van der Waals surface area contributed by atoms with Gasteiger partial charge in [0.05, 0.1) is 0 Å². The van der Waals surface area contributed by atoms with E-state index in [1.165, 1.54) is 19.3 Å². The van der Waals surface area contributed by atoms with E-state index in [1.54, 1.807) is 0 Å². The molecule has 1 fully saturated rings. The van der Waals surface area contributed by atoms with Gasteiger partial charge in [0.1, 0.15) is 0 Å². The van der Waals surface area contributed by atoms with Gasteiger partial charge in [-0.3, -0.25) is 0 Å². The fourth-order valence-corrected chi connectivity index (χ4v) is 1.87. The van der Waals surface area contributed by atoms with E-state index in [9.17, 15) is 0 Å². The summed E-state index contributed by atoms with van der Waals surface area (Å²) in [6.07, 6.45) is 3.74. The molecule has 1 aromatic heterocycles. The van der Waals surface area contributed by atoms with Crippen LogP contribution in [0, 0.1) is 5.92 Å². The first-order valence-electron chi connectivity index (χ1n) is 5.18. The maximum atomic E-state index is 5.50. The smallest absolute Gasteiger partial charge is 0.246 e. The minimum atomic E-state index is 0.400. The lowest BCUT2D eigenvalue weighted by molar-refractivity contribution is 0.521. The molecule has 0 spiro atoms. The van der Waals surface area contributed by atoms with Gasteiger partial charge in [0.15, 0.2) is 0 Å². The van der Waals surface area contributed by atoms with Crippen LogP contribution < -0.4 is 10.6 Å². The number of aromatic nitrogens is 3. The topological polar surface area (TPSA) is 70.8 Å². The first-order chi connectivity index (χ1) is 6.75. The zero-order chi connectivity index (χ0) is 9.97. The molecule has 1 aromatic rings. The third-order valence-electron chi connectivity index (χ3n) is 2.79. The Morgan fingerprint density at radius 2 is 2.29 bits per heavy atom. The van der Waals surface area contributed by atoms with Crippen molar-refractivity contribution in [3.05, 3.63) is 0 Å². The van der Waals surface area contributed by atoms with E-state index in [1.807, 2.05) is 0 Å². The second-order valence-electron chi connectivity index (χ2n) is 4.04. The van der Waals surface area contributed by atoms with Crippen molar-refractivity contribution in [2.45, 2.75) is 26.2 Å². The molecule has 3 N–H and O–H groups in total. The Morgan fingerprint density at radius 3 is 3.00 bits per heavy atom. The van der Waals surface area contributed by atoms with Gasteiger partial charge in [-0.1, -0.05) is 6.92 Å². The Balaban J connectivity index is 2.04. The van der Waals surface area contributed by atoms with Crippen molar-refractivity contribution in [1.29, 1.82) is 0 Å². The molecule has 0 aromatic carbocycles. The molecular weight excluding hydrogens is 178 g/mol. The second kappa shape index (κ2) is 3.86. The van der Waals surface area contributed by atoms with Crippen molar-refractivity contribution in [2.24, 2.45) is 5.92 Å². The Hall–Kier alpha value is -1.26. The molecule has 5 heteroatoms. The number of nitrogens with two attached hydrogens (primary N) is 1. The van der Waals surface area contributed by atoms with Gasteiger partial charge in [-0.2, -0.15) is 4.98 Å². The molecule has 0 saturated carbocycles. The predicted octanol–water partition coefficient (Wildman–Crippen LogP) is 1.01. The molecule has 1 saturated heterocycles. The zero-order valence-electron chi connectivity index (χ0n) is 8.53. The fraction of sp³-hybridized carbons (Fsp3) is 0.778. The van der Waals surface area contributed by atoms with Crippen molar-refractivity contribution >= 4 is 11.9 Å². The molecular formula is C9H17N5. The fourth-order valence-electron chi connectivity index (χ4n) is 1.87. The Bertz CT molecular complexity index is 295. The normalized spacial score (nSPS) is 23.5. The average molecular weight is 195 g/mol. The first-order valence-corrected chi connectivity index (χ1v) is 5.18. The third kappa shape index (κ3) is 1.97. The number of rotatable bonds is 1. The third-order valence-corrected chi connectivity index (χ3v) is 2.79. The molecule has 2 heterocycles. The monoisotopic (exact) mass is 195 g/mol.